The molecule has 1 aromatic carbocycles. The predicted molar refractivity (Wildman–Crippen MR) is 80.7 cm³/mol. The molecule has 1 aromatic rings. The molecule has 0 spiro atoms. The third-order valence-electron chi connectivity index (χ3n) is 4.39. The van der Waals surface area contributed by atoms with E-state index < -0.39 is 0 Å². The molecule has 0 aromatic heterocycles. The molecule has 1 N–H and O–H groups in total. The maximum absolute atomic E-state index is 12.3. The van der Waals surface area contributed by atoms with Crippen LogP contribution in [-0.4, -0.2) is 18.6 Å². The molecule has 1 aliphatic carbocycles. The number of hydrogen-bond donors (Lipinski definition) is 1. The third kappa shape index (κ3) is 3.84. The molecule has 0 bridgehead atoms. The highest BCUT2D eigenvalue weighted by Crippen LogP contribution is 2.40. The van der Waals surface area contributed by atoms with E-state index in [0.29, 0.717) is 5.56 Å². The zero-order chi connectivity index (χ0) is 15.1. The molecule has 1 saturated carbocycles. The van der Waals surface area contributed by atoms with E-state index in [0.717, 1.165) is 32.1 Å². The van der Waals surface area contributed by atoms with Crippen LogP contribution in [0.4, 0.5) is 0 Å². The van der Waals surface area contributed by atoms with Gasteiger partial charge in [0.1, 0.15) is 0 Å². The van der Waals surface area contributed by atoms with Crippen LogP contribution in [-0.2, 0) is 9.53 Å². The standard InChI is InChI=1S/C17H23NO3/c1-2-17(11-7-4-8-12-17)16(20)21-13-18-15(19)14-9-5-3-6-10-14/h3,5-6,9-10H,2,4,7-8,11-13H2,1H3,(H,18,19). The summed E-state index contributed by atoms with van der Waals surface area (Å²) in [5, 5.41) is 2.63. The number of esters is 1. The molecule has 4 heteroatoms. The van der Waals surface area contributed by atoms with E-state index in [9.17, 15) is 9.59 Å². The van der Waals surface area contributed by atoms with Gasteiger partial charge in [-0.25, -0.2) is 0 Å². The first-order valence-electron chi connectivity index (χ1n) is 7.68. The Hall–Kier alpha value is -1.84. The summed E-state index contributed by atoms with van der Waals surface area (Å²) in [6.07, 6.45) is 5.96. The fourth-order valence-corrected chi connectivity index (χ4v) is 2.94. The van der Waals surface area contributed by atoms with Crippen molar-refractivity contribution in [3.63, 3.8) is 0 Å². The average molecular weight is 289 g/mol. The fraction of sp³-hybridized carbons (Fsp3) is 0.529. The van der Waals surface area contributed by atoms with Gasteiger partial charge in [0.15, 0.2) is 6.73 Å². The second-order valence-corrected chi connectivity index (χ2v) is 5.64. The van der Waals surface area contributed by atoms with Crippen LogP contribution in [0.25, 0.3) is 0 Å². The number of rotatable bonds is 5. The van der Waals surface area contributed by atoms with Crippen LogP contribution in [0.5, 0.6) is 0 Å². The molecule has 114 valence electrons. The highest BCUT2D eigenvalue weighted by Gasteiger charge is 2.39. The van der Waals surface area contributed by atoms with Gasteiger partial charge < -0.3 is 10.1 Å². The van der Waals surface area contributed by atoms with Crippen molar-refractivity contribution in [1.29, 1.82) is 0 Å². The summed E-state index contributed by atoms with van der Waals surface area (Å²) in [5.74, 6) is -0.393. The van der Waals surface area contributed by atoms with Crippen LogP contribution >= 0.6 is 0 Å². The summed E-state index contributed by atoms with van der Waals surface area (Å²) in [6.45, 7) is 1.98. The highest BCUT2D eigenvalue weighted by atomic mass is 16.5. The van der Waals surface area contributed by atoms with E-state index in [-0.39, 0.29) is 24.0 Å². The van der Waals surface area contributed by atoms with Gasteiger partial charge in [0, 0.05) is 5.56 Å². The van der Waals surface area contributed by atoms with Crippen LogP contribution in [0.3, 0.4) is 0 Å². The number of amides is 1. The number of carbonyl (C=O) groups excluding carboxylic acids is 2. The van der Waals surface area contributed by atoms with Crippen molar-refractivity contribution in [2.75, 3.05) is 6.73 Å². The van der Waals surface area contributed by atoms with E-state index in [1.54, 1.807) is 24.3 Å². The molecule has 0 atom stereocenters. The minimum atomic E-state index is -0.338. The van der Waals surface area contributed by atoms with Crippen molar-refractivity contribution in [3.05, 3.63) is 35.9 Å². The Kier molecular flexibility index (Phi) is 5.37. The third-order valence-corrected chi connectivity index (χ3v) is 4.39. The Morgan fingerprint density at radius 3 is 2.43 bits per heavy atom. The number of nitrogens with one attached hydrogen (secondary N) is 1. The number of benzene rings is 1. The lowest BCUT2D eigenvalue weighted by molar-refractivity contribution is -0.158. The second kappa shape index (κ2) is 7.25. The molecule has 1 fully saturated rings. The number of ether oxygens (including phenoxy) is 1. The van der Waals surface area contributed by atoms with Crippen LogP contribution in [0.2, 0.25) is 0 Å². The Balaban J connectivity index is 1.82. The van der Waals surface area contributed by atoms with E-state index in [1.807, 2.05) is 13.0 Å². The lowest BCUT2D eigenvalue weighted by Crippen LogP contribution is -2.37. The van der Waals surface area contributed by atoms with Crippen LogP contribution in [0.15, 0.2) is 30.3 Å². The highest BCUT2D eigenvalue weighted by molar-refractivity contribution is 5.94. The second-order valence-electron chi connectivity index (χ2n) is 5.64. The average Bonchev–Trinajstić information content (AvgIpc) is 2.56. The molecule has 1 amide bonds. The van der Waals surface area contributed by atoms with Crippen molar-refractivity contribution >= 4 is 11.9 Å². The molecule has 0 unspecified atom stereocenters. The molecular weight excluding hydrogens is 266 g/mol. The van der Waals surface area contributed by atoms with E-state index in [2.05, 4.69) is 5.32 Å². The minimum Gasteiger partial charge on any atom is -0.444 e. The van der Waals surface area contributed by atoms with E-state index in [1.165, 1.54) is 6.42 Å². The van der Waals surface area contributed by atoms with Crippen LogP contribution in [0.1, 0.15) is 55.8 Å². The first-order chi connectivity index (χ1) is 10.2. The minimum absolute atomic E-state index is 0.0612. The molecule has 0 radical (unpaired) electrons. The topological polar surface area (TPSA) is 55.4 Å². The normalized spacial score (nSPS) is 17.0. The summed E-state index contributed by atoms with van der Waals surface area (Å²) in [5.41, 5.74) is 0.229. The SMILES string of the molecule is CCC1(C(=O)OCNC(=O)c2ccccc2)CCCCC1. The van der Waals surface area contributed by atoms with E-state index >= 15 is 0 Å². The summed E-state index contributed by atoms with van der Waals surface area (Å²) in [4.78, 5) is 24.1. The summed E-state index contributed by atoms with van der Waals surface area (Å²) in [6, 6.07) is 8.91. The molecule has 0 aliphatic heterocycles. The predicted octanol–water partition coefficient (Wildman–Crippen LogP) is 3.28. The van der Waals surface area contributed by atoms with Gasteiger partial charge in [-0.15, -0.1) is 0 Å². The first-order valence-corrected chi connectivity index (χ1v) is 7.68. The van der Waals surface area contributed by atoms with Gasteiger partial charge in [-0.3, -0.25) is 9.59 Å². The van der Waals surface area contributed by atoms with Gasteiger partial charge >= 0.3 is 5.97 Å². The summed E-state index contributed by atoms with van der Waals surface area (Å²) < 4.78 is 5.30. The van der Waals surface area contributed by atoms with Gasteiger partial charge in [-0.1, -0.05) is 44.4 Å². The lowest BCUT2D eigenvalue weighted by Gasteiger charge is -2.33. The molecule has 0 saturated heterocycles. The molecule has 4 nitrogen and oxygen atoms in total. The number of carbonyl (C=O) groups is 2. The fourth-order valence-electron chi connectivity index (χ4n) is 2.94. The smallest absolute Gasteiger partial charge is 0.313 e. The maximum atomic E-state index is 12.3. The first kappa shape index (κ1) is 15.5. The van der Waals surface area contributed by atoms with Gasteiger partial charge in [0.25, 0.3) is 5.91 Å². The van der Waals surface area contributed by atoms with Crippen LogP contribution < -0.4 is 5.32 Å². The summed E-state index contributed by atoms with van der Waals surface area (Å²) in [7, 11) is 0. The Morgan fingerprint density at radius 2 is 1.81 bits per heavy atom. The van der Waals surface area contributed by atoms with Crippen molar-refractivity contribution in [2.45, 2.75) is 45.4 Å². The van der Waals surface area contributed by atoms with Crippen molar-refractivity contribution in [1.82, 2.24) is 5.32 Å². The van der Waals surface area contributed by atoms with Gasteiger partial charge in [-0.05, 0) is 31.4 Å². The van der Waals surface area contributed by atoms with Crippen molar-refractivity contribution in [2.24, 2.45) is 5.41 Å². The van der Waals surface area contributed by atoms with Crippen LogP contribution in [0, 0.1) is 5.41 Å². The van der Waals surface area contributed by atoms with Crippen molar-refractivity contribution < 1.29 is 14.3 Å². The zero-order valence-corrected chi connectivity index (χ0v) is 12.6. The van der Waals surface area contributed by atoms with Gasteiger partial charge in [0.2, 0.25) is 0 Å². The quantitative estimate of drug-likeness (QED) is 0.668. The van der Waals surface area contributed by atoms with E-state index in [4.69, 9.17) is 4.74 Å². The Labute approximate surface area is 125 Å². The molecule has 0 heterocycles. The Bertz CT molecular complexity index is 478. The Morgan fingerprint density at radius 1 is 1.14 bits per heavy atom. The largest absolute Gasteiger partial charge is 0.444 e. The molecule has 1 aliphatic rings. The zero-order valence-electron chi connectivity index (χ0n) is 12.6. The molecule has 2 rings (SSSR count). The monoisotopic (exact) mass is 289 g/mol. The lowest BCUT2D eigenvalue weighted by atomic mass is 9.72. The molecule has 21 heavy (non-hydrogen) atoms. The van der Waals surface area contributed by atoms with Crippen molar-refractivity contribution in [3.8, 4) is 0 Å². The summed E-state index contributed by atoms with van der Waals surface area (Å²) >= 11 is 0. The van der Waals surface area contributed by atoms with Gasteiger partial charge in [-0.2, -0.15) is 0 Å². The van der Waals surface area contributed by atoms with Gasteiger partial charge in [0.05, 0.1) is 5.41 Å². The number of hydrogen-bond acceptors (Lipinski definition) is 3. The maximum Gasteiger partial charge on any atom is 0.313 e. The molecular formula is C17H23NO3.